The van der Waals surface area contributed by atoms with Gasteiger partial charge in [0, 0.05) is 6.42 Å². The van der Waals surface area contributed by atoms with E-state index in [0.29, 0.717) is 6.42 Å². The molecule has 2 N–H and O–H groups in total. The van der Waals surface area contributed by atoms with Gasteiger partial charge in [0.2, 0.25) is 5.91 Å². The molecule has 0 spiro atoms. The van der Waals surface area contributed by atoms with Crippen molar-refractivity contribution in [1.82, 2.24) is 0 Å². The van der Waals surface area contributed by atoms with Crippen molar-refractivity contribution in [2.45, 2.75) is 11.3 Å². The zero-order valence-corrected chi connectivity index (χ0v) is 8.63. The maximum Gasteiger partial charge on any atom is 0.218 e. The molecule has 1 rings (SSSR count). The highest BCUT2D eigenvalue weighted by Gasteiger charge is 2.01. The van der Waals surface area contributed by atoms with Crippen LogP contribution in [0, 0.1) is 0 Å². The second-order valence-corrected chi connectivity index (χ2v) is 5.33. The Morgan fingerprint density at radius 2 is 2.00 bits per heavy atom. The molecule has 1 aromatic rings. The summed E-state index contributed by atoms with van der Waals surface area (Å²) in [6.45, 7) is 0. The van der Waals surface area contributed by atoms with Crippen molar-refractivity contribution in [3.05, 3.63) is 30.3 Å². The van der Waals surface area contributed by atoms with Crippen LogP contribution in [0.5, 0.6) is 0 Å². The average molecular weight is 197 g/mol. The van der Waals surface area contributed by atoms with Gasteiger partial charge in [0.1, 0.15) is 0 Å². The van der Waals surface area contributed by atoms with Crippen molar-refractivity contribution in [2.75, 3.05) is 12.0 Å². The van der Waals surface area contributed by atoms with Crippen molar-refractivity contribution in [3.8, 4) is 0 Å². The Morgan fingerprint density at radius 3 is 2.54 bits per heavy atom. The largest absolute Gasteiger partial charge is 0.370 e. The Labute approximate surface area is 81.5 Å². The lowest BCUT2D eigenvalue weighted by atomic mass is 10.4. The summed E-state index contributed by atoms with van der Waals surface area (Å²) < 4.78 is 0. The summed E-state index contributed by atoms with van der Waals surface area (Å²) in [6, 6.07) is 10.3. The zero-order valence-electron chi connectivity index (χ0n) is 7.73. The van der Waals surface area contributed by atoms with Gasteiger partial charge in [-0.3, -0.25) is 4.79 Å². The van der Waals surface area contributed by atoms with Gasteiger partial charge in [-0.25, -0.2) is 10.9 Å². The third-order valence-electron chi connectivity index (χ3n) is 1.89. The van der Waals surface area contributed by atoms with Gasteiger partial charge in [0.15, 0.2) is 0 Å². The molecule has 0 aliphatic rings. The fourth-order valence-electron chi connectivity index (χ4n) is 1.09. The van der Waals surface area contributed by atoms with E-state index in [2.05, 4.69) is 18.4 Å². The van der Waals surface area contributed by atoms with Gasteiger partial charge >= 0.3 is 0 Å². The van der Waals surface area contributed by atoms with Crippen molar-refractivity contribution in [1.29, 1.82) is 0 Å². The van der Waals surface area contributed by atoms with Gasteiger partial charge in [-0.05, 0) is 16.9 Å². The van der Waals surface area contributed by atoms with Crippen LogP contribution >= 0.6 is 10.9 Å². The molecule has 0 saturated heterocycles. The van der Waals surface area contributed by atoms with Crippen molar-refractivity contribution >= 4 is 16.8 Å². The number of carbonyl (C=O) groups excluding carboxylic acids is 1. The average Bonchev–Trinajstić information content (AvgIpc) is 2.15. The summed E-state index contributed by atoms with van der Waals surface area (Å²) in [5.74, 6) is 0.694. The number of rotatable bonds is 4. The van der Waals surface area contributed by atoms with E-state index in [0.717, 1.165) is 5.75 Å². The Kier molecular flexibility index (Phi) is 3.83. The minimum absolute atomic E-state index is 0.203. The molecule has 0 heterocycles. The van der Waals surface area contributed by atoms with E-state index in [-0.39, 0.29) is 16.8 Å². The summed E-state index contributed by atoms with van der Waals surface area (Å²) in [5.41, 5.74) is 5.09. The van der Waals surface area contributed by atoms with Crippen molar-refractivity contribution in [3.63, 3.8) is 0 Å². The second kappa shape index (κ2) is 4.92. The Morgan fingerprint density at radius 1 is 1.38 bits per heavy atom. The number of thiol groups is 1. The first-order chi connectivity index (χ1) is 6.20. The van der Waals surface area contributed by atoms with Crippen LogP contribution in [0.3, 0.4) is 0 Å². The lowest BCUT2D eigenvalue weighted by Gasteiger charge is -2.14. The number of amides is 1. The lowest BCUT2D eigenvalue weighted by molar-refractivity contribution is -0.117. The normalized spacial score (nSPS) is 13.8. The number of benzene rings is 1. The molecule has 0 aliphatic heterocycles. The highest BCUT2D eigenvalue weighted by Crippen LogP contribution is 2.32. The summed E-state index contributed by atoms with van der Waals surface area (Å²) in [5, 5.41) is 0. The van der Waals surface area contributed by atoms with E-state index in [1.165, 1.54) is 4.90 Å². The van der Waals surface area contributed by atoms with Crippen LogP contribution in [0.25, 0.3) is 0 Å². The highest BCUT2D eigenvalue weighted by molar-refractivity contribution is 8.16. The number of nitrogens with two attached hydrogens (primary N) is 1. The molecule has 0 aliphatic carbocycles. The lowest BCUT2D eigenvalue weighted by Crippen LogP contribution is -2.12. The Balaban J connectivity index is 2.49. The minimum atomic E-state index is -0.209. The molecular weight excluding hydrogens is 182 g/mol. The predicted molar refractivity (Wildman–Crippen MR) is 58.3 cm³/mol. The maximum absolute atomic E-state index is 10.6. The van der Waals surface area contributed by atoms with Gasteiger partial charge in [0.05, 0.1) is 0 Å². The van der Waals surface area contributed by atoms with Gasteiger partial charge in [0.25, 0.3) is 0 Å². The SMILES string of the molecule is C[SH](CCC(N)=O)c1ccccc1. The van der Waals surface area contributed by atoms with Crippen LogP contribution in [-0.4, -0.2) is 17.9 Å². The van der Waals surface area contributed by atoms with Crippen LogP contribution in [0.1, 0.15) is 6.42 Å². The fourth-order valence-corrected chi connectivity index (χ4v) is 2.58. The van der Waals surface area contributed by atoms with Crippen LogP contribution < -0.4 is 5.73 Å². The standard InChI is InChI=1S/C10H15NOS/c1-13(8-7-10(11)12)9-5-3-2-4-6-9/h2-6,13H,7-8H2,1H3,(H2,11,12). The van der Waals surface area contributed by atoms with E-state index in [9.17, 15) is 4.79 Å². The van der Waals surface area contributed by atoms with E-state index < -0.39 is 0 Å². The summed E-state index contributed by atoms with van der Waals surface area (Å²) in [4.78, 5) is 11.9. The number of hydrogen-bond donors (Lipinski definition) is 2. The Hall–Kier alpha value is -0.960. The topological polar surface area (TPSA) is 43.1 Å². The van der Waals surface area contributed by atoms with Gasteiger partial charge < -0.3 is 5.73 Å². The molecule has 1 unspecified atom stereocenters. The quantitative estimate of drug-likeness (QED) is 0.707. The molecule has 72 valence electrons. The van der Waals surface area contributed by atoms with Gasteiger partial charge in [-0.15, -0.1) is 0 Å². The van der Waals surface area contributed by atoms with E-state index in [1.54, 1.807) is 0 Å². The minimum Gasteiger partial charge on any atom is -0.370 e. The molecular formula is C10H15NOS. The maximum atomic E-state index is 10.6. The molecule has 2 nitrogen and oxygen atoms in total. The third-order valence-corrected chi connectivity index (χ3v) is 3.96. The monoisotopic (exact) mass is 197 g/mol. The fraction of sp³-hybridized carbons (Fsp3) is 0.300. The molecule has 0 radical (unpaired) electrons. The van der Waals surface area contributed by atoms with E-state index in [4.69, 9.17) is 5.73 Å². The number of primary amides is 1. The molecule has 0 bridgehead atoms. The second-order valence-electron chi connectivity index (χ2n) is 2.97. The molecule has 1 atom stereocenters. The first-order valence-electron chi connectivity index (χ1n) is 4.24. The molecule has 0 aromatic heterocycles. The molecule has 1 aromatic carbocycles. The Bertz CT molecular complexity index is 274. The number of hydrogen-bond acceptors (Lipinski definition) is 1. The van der Waals surface area contributed by atoms with Crippen molar-refractivity contribution < 1.29 is 4.79 Å². The molecule has 3 heteroatoms. The van der Waals surface area contributed by atoms with Crippen LogP contribution in [0.15, 0.2) is 35.2 Å². The van der Waals surface area contributed by atoms with Crippen molar-refractivity contribution in [2.24, 2.45) is 5.73 Å². The van der Waals surface area contributed by atoms with Gasteiger partial charge in [-0.1, -0.05) is 30.3 Å². The summed E-state index contributed by atoms with van der Waals surface area (Å²) in [7, 11) is -0.209. The van der Waals surface area contributed by atoms with Crippen LogP contribution in [0.2, 0.25) is 0 Å². The first-order valence-corrected chi connectivity index (χ1v) is 6.22. The number of carbonyl (C=O) groups is 1. The summed E-state index contributed by atoms with van der Waals surface area (Å²) in [6.07, 6.45) is 2.67. The van der Waals surface area contributed by atoms with Gasteiger partial charge in [-0.2, -0.15) is 0 Å². The van der Waals surface area contributed by atoms with E-state index >= 15 is 0 Å². The molecule has 13 heavy (non-hydrogen) atoms. The summed E-state index contributed by atoms with van der Waals surface area (Å²) >= 11 is 0. The smallest absolute Gasteiger partial charge is 0.218 e. The molecule has 0 saturated carbocycles. The highest BCUT2D eigenvalue weighted by atomic mass is 32.2. The first kappa shape index (κ1) is 10.1. The van der Waals surface area contributed by atoms with E-state index in [1.807, 2.05) is 18.2 Å². The zero-order chi connectivity index (χ0) is 9.68. The molecule has 1 amide bonds. The predicted octanol–water partition coefficient (Wildman–Crippen LogP) is 1.55. The third kappa shape index (κ3) is 3.51. The molecule has 0 fully saturated rings. The van der Waals surface area contributed by atoms with Crippen LogP contribution in [-0.2, 0) is 4.79 Å². The van der Waals surface area contributed by atoms with Crippen LogP contribution in [0.4, 0.5) is 0 Å².